The van der Waals surface area contributed by atoms with Crippen LogP contribution in [0.2, 0.25) is 0 Å². The van der Waals surface area contributed by atoms with E-state index in [0.29, 0.717) is 6.54 Å². The zero-order valence-corrected chi connectivity index (χ0v) is 18.0. The van der Waals surface area contributed by atoms with Crippen LogP contribution in [0, 0.1) is 0 Å². The summed E-state index contributed by atoms with van der Waals surface area (Å²) in [6.45, 7) is 3.77. The fourth-order valence-electron chi connectivity index (χ4n) is 2.75. The van der Waals surface area contributed by atoms with Crippen molar-refractivity contribution < 1.29 is 9.47 Å². The summed E-state index contributed by atoms with van der Waals surface area (Å²) in [5, 5.41) is 11.0. The van der Waals surface area contributed by atoms with E-state index in [-0.39, 0.29) is 30.1 Å². The Bertz CT molecular complexity index is 686. The molecule has 0 bridgehead atoms. The number of rotatable bonds is 8. The highest BCUT2D eigenvalue weighted by Crippen LogP contribution is 2.08. The predicted molar refractivity (Wildman–Crippen MR) is 117 cm³/mol. The lowest BCUT2D eigenvalue weighted by Gasteiger charge is -2.12. The molecule has 1 aromatic heterocycles. The number of hydrogen-bond acceptors (Lipinski definition) is 4. The first-order chi connectivity index (χ1) is 12.8. The first-order valence-corrected chi connectivity index (χ1v) is 9.08. The van der Waals surface area contributed by atoms with Gasteiger partial charge in [-0.2, -0.15) is 5.10 Å². The highest BCUT2D eigenvalue weighted by atomic mass is 127. The first kappa shape index (κ1) is 21.6. The number of ether oxygens (including phenoxy) is 2. The summed E-state index contributed by atoms with van der Waals surface area (Å²) in [7, 11) is 1.77. The van der Waals surface area contributed by atoms with Gasteiger partial charge in [-0.1, -0.05) is 18.2 Å². The molecule has 0 amide bonds. The lowest BCUT2D eigenvalue weighted by atomic mass is 10.3. The van der Waals surface area contributed by atoms with Crippen molar-refractivity contribution in [1.82, 2.24) is 20.4 Å². The van der Waals surface area contributed by atoms with Crippen LogP contribution in [0.15, 0.2) is 47.7 Å². The third-order valence-corrected chi connectivity index (χ3v) is 4.20. The van der Waals surface area contributed by atoms with Gasteiger partial charge in [-0.25, -0.2) is 4.68 Å². The molecule has 1 aromatic carbocycles. The topological polar surface area (TPSA) is 72.7 Å². The zero-order valence-electron chi connectivity index (χ0n) is 15.6. The van der Waals surface area contributed by atoms with Crippen LogP contribution < -0.4 is 10.6 Å². The van der Waals surface area contributed by atoms with Crippen molar-refractivity contribution >= 4 is 29.9 Å². The number of nitrogens with one attached hydrogen (secondary N) is 2. The van der Waals surface area contributed by atoms with Gasteiger partial charge in [0.1, 0.15) is 0 Å². The number of guanidine groups is 1. The molecule has 8 heteroatoms. The molecular weight excluding hydrogens is 457 g/mol. The predicted octanol–water partition coefficient (Wildman–Crippen LogP) is 2.35. The molecule has 1 unspecified atom stereocenters. The maximum Gasteiger partial charge on any atom is 0.191 e. The van der Waals surface area contributed by atoms with Crippen molar-refractivity contribution in [2.24, 2.45) is 4.99 Å². The maximum atomic E-state index is 5.76. The lowest BCUT2D eigenvalue weighted by molar-refractivity contribution is 0.0420. The second kappa shape index (κ2) is 11.9. The van der Waals surface area contributed by atoms with E-state index in [0.717, 1.165) is 56.4 Å². The molecular formula is C19H28IN5O2. The number of aromatic nitrogens is 2. The van der Waals surface area contributed by atoms with Crippen molar-refractivity contribution in [1.29, 1.82) is 0 Å². The van der Waals surface area contributed by atoms with Gasteiger partial charge in [0.15, 0.2) is 5.96 Å². The van der Waals surface area contributed by atoms with E-state index in [1.165, 1.54) is 0 Å². The molecule has 1 saturated heterocycles. The minimum atomic E-state index is 0. The number of aliphatic imine (C=N–C) groups is 1. The van der Waals surface area contributed by atoms with Crippen LogP contribution in [0.25, 0.3) is 5.69 Å². The Morgan fingerprint density at radius 3 is 2.93 bits per heavy atom. The SMILES string of the molecule is CN=C(NCCCOC1CCOC1)NCc1cnn(-c2ccccc2)c1.I. The summed E-state index contributed by atoms with van der Waals surface area (Å²) >= 11 is 0. The van der Waals surface area contributed by atoms with Crippen molar-refractivity contribution in [3.63, 3.8) is 0 Å². The minimum absolute atomic E-state index is 0. The Kier molecular flexibility index (Phi) is 9.57. The average Bonchev–Trinajstić information content (AvgIpc) is 3.36. The van der Waals surface area contributed by atoms with Crippen molar-refractivity contribution in [2.45, 2.75) is 25.5 Å². The van der Waals surface area contributed by atoms with E-state index >= 15 is 0 Å². The second-order valence-corrected chi connectivity index (χ2v) is 6.19. The van der Waals surface area contributed by atoms with Crippen LogP contribution in [0.4, 0.5) is 0 Å². The Balaban J connectivity index is 0.00000261. The van der Waals surface area contributed by atoms with Gasteiger partial charge in [0.05, 0.1) is 24.6 Å². The van der Waals surface area contributed by atoms with E-state index in [2.05, 4.69) is 20.7 Å². The molecule has 148 valence electrons. The molecule has 1 aliphatic rings. The summed E-state index contributed by atoms with van der Waals surface area (Å²) in [6, 6.07) is 10.1. The molecule has 0 spiro atoms. The van der Waals surface area contributed by atoms with Crippen LogP contribution in [-0.2, 0) is 16.0 Å². The molecule has 1 aliphatic heterocycles. The molecule has 0 aliphatic carbocycles. The number of hydrogen-bond donors (Lipinski definition) is 2. The van der Waals surface area contributed by atoms with Crippen LogP contribution in [0.5, 0.6) is 0 Å². The van der Waals surface area contributed by atoms with Crippen molar-refractivity contribution in [3.05, 3.63) is 48.3 Å². The number of nitrogens with zero attached hydrogens (tertiary/aromatic N) is 3. The Morgan fingerprint density at radius 1 is 1.33 bits per heavy atom. The Labute approximate surface area is 177 Å². The summed E-state index contributed by atoms with van der Waals surface area (Å²) in [5.41, 5.74) is 2.15. The van der Waals surface area contributed by atoms with Crippen LogP contribution >= 0.6 is 24.0 Å². The van der Waals surface area contributed by atoms with Gasteiger partial charge in [-0.05, 0) is 25.0 Å². The third kappa shape index (κ3) is 7.11. The monoisotopic (exact) mass is 485 g/mol. The van der Waals surface area contributed by atoms with Gasteiger partial charge in [0.2, 0.25) is 0 Å². The molecule has 2 aromatic rings. The van der Waals surface area contributed by atoms with E-state index < -0.39 is 0 Å². The standard InChI is InChI=1S/C19H27N5O2.HI/c1-20-19(21-9-5-10-26-18-8-11-25-15-18)22-12-16-13-23-24(14-16)17-6-3-2-4-7-17;/h2-4,6-7,13-14,18H,5,8-12,15H2,1H3,(H2,20,21,22);1H. The molecule has 7 nitrogen and oxygen atoms in total. The quantitative estimate of drug-likeness (QED) is 0.260. The van der Waals surface area contributed by atoms with Gasteiger partial charge < -0.3 is 20.1 Å². The number of halogens is 1. The minimum Gasteiger partial charge on any atom is -0.379 e. The van der Waals surface area contributed by atoms with E-state index in [4.69, 9.17) is 9.47 Å². The summed E-state index contributed by atoms with van der Waals surface area (Å²) in [5.74, 6) is 0.779. The molecule has 0 saturated carbocycles. The smallest absolute Gasteiger partial charge is 0.191 e. The summed E-state index contributed by atoms with van der Waals surface area (Å²) in [4.78, 5) is 4.25. The number of para-hydroxylation sites is 1. The molecule has 0 radical (unpaired) electrons. The normalized spacial score (nSPS) is 16.8. The van der Waals surface area contributed by atoms with Crippen molar-refractivity contribution in [3.8, 4) is 5.69 Å². The van der Waals surface area contributed by atoms with Crippen molar-refractivity contribution in [2.75, 3.05) is 33.4 Å². The van der Waals surface area contributed by atoms with Gasteiger partial charge in [0.25, 0.3) is 0 Å². The van der Waals surface area contributed by atoms with Crippen LogP contribution in [0.3, 0.4) is 0 Å². The molecule has 1 fully saturated rings. The van der Waals surface area contributed by atoms with Gasteiger partial charge in [0, 0.05) is 45.1 Å². The highest BCUT2D eigenvalue weighted by molar-refractivity contribution is 14.0. The van der Waals surface area contributed by atoms with Gasteiger partial charge in [-0.15, -0.1) is 24.0 Å². The Morgan fingerprint density at radius 2 is 2.19 bits per heavy atom. The van der Waals surface area contributed by atoms with E-state index in [1.807, 2.05) is 47.4 Å². The summed E-state index contributed by atoms with van der Waals surface area (Å²) < 4.78 is 12.9. The third-order valence-electron chi connectivity index (χ3n) is 4.20. The Hall–Kier alpha value is -1.65. The van der Waals surface area contributed by atoms with E-state index in [9.17, 15) is 0 Å². The van der Waals surface area contributed by atoms with E-state index in [1.54, 1.807) is 7.05 Å². The largest absolute Gasteiger partial charge is 0.379 e. The fourth-order valence-corrected chi connectivity index (χ4v) is 2.75. The van der Waals surface area contributed by atoms with Gasteiger partial charge >= 0.3 is 0 Å². The highest BCUT2D eigenvalue weighted by Gasteiger charge is 2.15. The molecule has 1 atom stereocenters. The number of benzene rings is 1. The molecule has 2 heterocycles. The average molecular weight is 485 g/mol. The first-order valence-electron chi connectivity index (χ1n) is 9.08. The summed E-state index contributed by atoms with van der Waals surface area (Å²) in [6.07, 6.45) is 6.10. The van der Waals surface area contributed by atoms with Crippen LogP contribution in [-0.4, -0.2) is 55.3 Å². The molecule has 2 N–H and O–H groups in total. The second-order valence-electron chi connectivity index (χ2n) is 6.19. The lowest BCUT2D eigenvalue weighted by Crippen LogP contribution is -2.37. The van der Waals surface area contributed by atoms with Crippen LogP contribution in [0.1, 0.15) is 18.4 Å². The molecule has 3 rings (SSSR count). The zero-order chi connectivity index (χ0) is 18.0. The maximum absolute atomic E-state index is 5.76. The fraction of sp³-hybridized carbons (Fsp3) is 0.474. The molecule has 27 heavy (non-hydrogen) atoms. The van der Waals surface area contributed by atoms with Gasteiger partial charge in [-0.3, -0.25) is 4.99 Å².